The van der Waals surface area contributed by atoms with Crippen LogP contribution >= 0.6 is 0 Å². The molecule has 1 amide bonds. The molecule has 1 fully saturated rings. The van der Waals surface area contributed by atoms with E-state index >= 15 is 0 Å². The quantitative estimate of drug-likeness (QED) is 0.889. The summed E-state index contributed by atoms with van der Waals surface area (Å²) in [6.07, 6.45) is 1.79. The fourth-order valence-electron chi connectivity index (χ4n) is 2.53. The third-order valence-corrected chi connectivity index (χ3v) is 3.89. The van der Waals surface area contributed by atoms with E-state index in [1.807, 2.05) is 0 Å². The van der Waals surface area contributed by atoms with E-state index in [-0.39, 0.29) is 13.0 Å². The van der Waals surface area contributed by atoms with Crippen molar-refractivity contribution in [3.05, 3.63) is 41.8 Å². The van der Waals surface area contributed by atoms with E-state index in [4.69, 9.17) is 9.15 Å². The van der Waals surface area contributed by atoms with Crippen molar-refractivity contribution in [3.63, 3.8) is 0 Å². The number of carbonyl (C=O) groups excluding carboxylic acids is 1. The van der Waals surface area contributed by atoms with Crippen molar-refractivity contribution in [3.8, 4) is 11.5 Å². The van der Waals surface area contributed by atoms with Gasteiger partial charge in [-0.1, -0.05) is 0 Å². The summed E-state index contributed by atoms with van der Waals surface area (Å²) in [4.78, 5) is 28.2. The Morgan fingerprint density at radius 1 is 1.35 bits per heavy atom. The van der Waals surface area contributed by atoms with Gasteiger partial charge in [0.1, 0.15) is 5.69 Å². The molecule has 7 heteroatoms. The van der Waals surface area contributed by atoms with Crippen LogP contribution in [0.3, 0.4) is 0 Å². The molecule has 1 unspecified atom stereocenters. The largest absolute Gasteiger partial charge is 0.479 e. The minimum atomic E-state index is -1.37. The van der Waals surface area contributed by atoms with Crippen LogP contribution in [0.25, 0.3) is 11.5 Å². The number of hydrogen-bond acceptors (Lipinski definition) is 5. The molecule has 120 valence electrons. The Labute approximate surface area is 132 Å². The lowest BCUT2D eigenvalue weighted by Gasteiger charge is -2.24. The number of carbonyl (C=O) groups is 2. The molecule has 0 bridgehead atoms. The Hall–Kier alpha value is -2.67. The summed E-state index contributed by atoms with van der Waals surface area (Å²) in [5.41, 5.74) is 0.0633. The van der Waals surface area contributed by atoms with Crippen molar-refractivity contribution in [2.24, 2.45) is 0 Å². The number of rotatable bonds is 4. The number of hydrogen-bond donors (Lipinski definition) is 2. The van der Waals surface area contributed by atoms with Gasteiger partial charge in [0.15, 0.2) is 11.3 Å². The van der Waals surface area contributed by atoms with Gasteiger partial charge in [-0.25, -0.2) is 9.78 Å². The molecule has 23 heavy (non-hydrogen) atoms. The summed E-state index contributed by atoms with van der Waals surface area (Å²) in [5.74, 6) is -0.971. The normalized spacial score (nSPS) is 20.4. The number of carboxylic acid groups (broad SMARTS) is 1. The molecule has 0 radical (unpaired) electrons. The second-order valence-corrected chi connectivity index (χ2v) is 5.45. The van der Waals surface area contributed by atoms with Crippen molar-refractivity contribution in [2.45, 2.75) is 18.9 Å². The van der Waals surface area contributed by atoms with Crippen LogP contribution in [0, 0.1) is 6.92 Å². The van der Waals surface area contributed by atoms with Crippen LogP contribution in [-0.4, -0.2) is 40.7 Å². The molecule has 2 aromatic heterocycles. The van der Waals surface area contributed by atoms with E-state index in [9.17, 15) is 14.7 Å². The lowest BCUT2D eigenvalue weighted by atomic mass is 9.98. The molecule has 3 rings (SSSR count). The number of pyridine rings is 1. The van der Waals surface area contributed by atoms with Gasteiger partial charge in [-0.15, -0.1) is 0 Å². The van der Waals surface area contributed by atoms with Gasteiger partial charge in [0.05, 0.1) is 24.1 Å². The summed E-state index contributed by atoms with van der Waals surface area (Å²) in [6.45, 7) is 1.96. The van der Waals surface area contributed by atoms with Gasteiger partial charge in [-0.05, 0) is 31.2 Å². The highest BCUT2D eigenvalue weighted by atomic mass is 16.5. The minimum absolute atomic E-state index is 0.0367. The highest BCUT2D eigenvalue weighted by molar-refractivity contribution is 5.99. The summed E-state index contributed by atoms with van der Waals surface area (Å²) in [5, 5.41) is 12.0. The smallest absolute Gasteiger partial charge is 0.331 e. The second kappa shape index (κ2) is 5.85. The van der Waals surface area contributed by atoms with Gasteiger partial charge in [0.25, 0.3) is 5.91 Å². The zero-order chi connectivity index (χ0) is 16.4. The molecule has 0 saturated carbocycles. The van der Waals surface area contributed by atoms with Crippen molar-refractivity contribution in [2.75, 3.05) is 13.2 Å². The highest BCUT2D eigenvalue weighted by Gasteiger charge is 2.44. The predicted molar refractivity (Wildman–Crippen MR) is 79.9 cm³/mol. The van der Waals surface area contributed by atoms with Crippen molar-refractivity contribution in [1.29, 1.82) is 0 Å². The third-order valence-electron chi connectivity index (χ3n) is 3.89. The molecule has 1 aliphatic heterocycles. The minimum Gasteiger partial charge on any atom is -0.479 e. The van der Waals surface area contributed by atoms with E-state index in [1.165, 1.54) is 0 Å². The predicted octanol–water partition coefficient (Wildman–Crippen LogP) is 1.62. The van der Waals surface area contributed by atoms with Gasteiger partial charge in [0, 0.05) is 13.0 Å². The number of nitrogens with one attached hydrogen (secondary N) is 1. The molecule has 2 N–H and O–H groups in total. The molecule has 1 atom stereocenters. The molecular formula is C16H16N2O5. The van der Waals surface area contributed by atoms with E-state index in [0.29, 0.717) is 29.3 Å². The SMILES string of the molecule is Cc1nc(-c2ccco2)ccc1C(=O)NC1(C(=O)O)CCOC1. The average molecular weight is 316 g/mol. The molecule has 3 heterocycles. The lowest BCUT2D eigenvalue weighted by molar-refractivity contribution is -0.144. The Morgan fingerprint density at radius 2 is 2.17 bits per heavy atom. The maximum atomic E-state index is 12.4. The first-order valence-electron chi connectivity index (χ1n) is 7.17. The molecular weight excluding hydrogens is 300 g/mol. The first kappa shape index (κ1) is 15.2. The molecule has 0 aliphatic carbocycles. The Morgan fingerprint density at radius 3 is 2.74 bits per heavy atom. The molecule has 1 aliphatic rings. The van der Waals surface area contributed by atoms with Gasteiger partial charge >= 0.3 is 5.97 Å². The average Bonchev–Trinajstić information content (AvgIpc) is 3.19. The Kier molecular flexibility index (Phi) is 3.87. The molecule has 1 saturated heterocycles. The summed E-state index contributed by atoms with van der Waals surface area (Å²) in [6, 6.07) is 6.81. The fourth-order valence-corrected chi connectivity index (χ4v) is 2.53. The van der Waals surface area contributed by atoms with Gasteiger partial charge < -0.3 is 19.6 Å². The number of amides is 1. The Bertz CT molecular complexity index is 733. The van der Waals surface area contributed by atoms with Gasteiger partial charge in [-0.3, -0.25) is 4.79 Å². The topological polar surface area (TPSA) is 102 Å². The molecule has 7 nitrogen and oxygen atoms in total. The Balaban J connectivity index is 1.84. The van der Waals surface area contributed by atoms with E-state index in [2.05, 4.69) is 10.3 Å². The first-order valence-corrected chi connectivity index (χ1v) is 7.17. The number of furan rings is 1. The second-order valence-electron chi connectivity index (χ2n) is 5.45. The fraction of sp³-hybridized carbons (Fsp3) is 0.312. The van der Waals surface area contributed by atoms with Crippen LogP contribution in [0.4, 0.5) is 0 Å². The van der Waals surface area contributed by atoms with E-state index in [1.54, 1.807) is 37.5 Å². The highest BCUT2D eigenvalue weighted by Crippen LogP contribution is 2.22. The summed E-state index contributed by atoms with van der Waals surface area (Å²) < 4.78 is 10.4. The number of aliphatic carboxylic acids is 1. The van der Waals surface area contributed by atoms with Crippen LogP contribution in [0.15, 0.2) is 34.9 Å². The number of carboxylic acids is 1. The van der Waals surface area contributed by atoms with Gasteiger partial charge in [0.2, 0.25) is 0 Å². The maximum Gasteiger partial charge on any atom is 0.331 e. The zero-order valence-corrected chi connectivity index (χ0v) is 12.5. The van der Waals surface area contributed by atoms with Crippen molar-refractivity contribution >= 4 is 11.9 Å². The van der Waals surface area contributed by atoms with E-state index < -0.39 is 17.4 Å². The summed E-state index contributed by atoms with van der Waals surface area (Å²) in [7, 11) is 0. The van der Waals surface area contributed by atoms with Crippen molar-refractivity contribution < 1.29 is 23.8 Å². The van der Waals surface area contributed by atoms with Crippen LogP contribution in [0.5, 0.6) is 0 Å². The standard InChI is InChI=1S/C16H16N2O5/c1-10-11(4-5-12(17-10)13-3-2-7-23-13)14(19)18-16(15(20)21)6-8-22-9-16/h2-5,7H,6,8-9H2,1H3,(H,18,19)(H,20,21). The molecule has 0 aromatic carbocycles. The lowest BCUT2D eigenvalue weighted by Crippen LogP contribution is -2.55. The number of nitrogens with zero attached hydrogens (tertiary/aromatic N) is 1. The number of aromatic nitrogens is 1. The van der Waals surface area contributed by atoms with Gasteiger partial charge in [-0.2, -0.15) is 0 Å². The van der Waals surface area contributed by atoms with E-state index in [0.717, 1.165) is 0 Å². The molecule has 0 spiro atoms. The van der Waals surface area contributed by atoms with Crippen LogP contribution in [-0.2, 0) is 9.53 Å². The zero-order valence-electron chi connectivity index (χ0n) is 12.5. The maximum absolute atomic E-state index is 12.4. The molecule has 2 aromatic rings. The number of aryl methyl sites for hydroxylation is 1. The van der Waals surface area contributed by atoms with Crippen LogP contribution < -0.4 is 5.32 Å². The van der Waals surface area contributed by atoms with Crippen LogP contribution in [0.1, 0.15) is 22.5 Å². The van der Waals surface area contributed by atoms with Crippen LogP contribution in [0.2, 0.25) is 0 Å². The summed E-state index contributed by atoms with van der Waals surface area (Å²) >= 11 is 0. The monoisotopic (exact) mass is 316 g/mol. The first-order chi connectivity index (χ1) is 11.0. The van der Waals surface area contributed by atoms with Crippen molar-refractivity contribution in [1.82, 2.24) is 10.3 Å². The number of ether oxygens (including phenoxy) is 1. The third kappa shape index (κ3) is 2.83.